The summed E-state index contributed by atoms with van der Waals surface area (Å²) in [4.78, 5) is 28.6. The van der Waals surface area contributed by atoms with E-state index < -0.39 is 5.97 Å². The van der Waals surface area contributed by atoms with E-state index in [4.69, 9.17) is 5.11 Å². The molecule has 1 N–H and O–H groups in total. The van der Waals surface area contributed by atoms with Crippen LogP contribution in [0.25, 0.3) is 0 Å². The molecule has 2 rings (SSSR count). The Bertz CT molecular complexity index is 466. The third-order valence-electron chi connectivity index (χ3n) is 3.60. The molecule has 1 aliphatic rings. The second-order valence-electron chi connectivity index (χ2n) is 4.88. The molecule has 1 fully saturated rings. The summed E-state index contributed by atoms with van der Waals surface area (Å²) in [7, 11) is 0. The molecule has 0 bridgehead atoms. The van der Waals surface area contributed by atoms with Crippen molar-refractivity contribution in [1.29, 1.82) is 0 Å². The van der Waals surface area contributed by atoms with Crippen LogP contribution in [-0.4, -0.2) is 40.0 Å². The van der Waals surface area contributed by atoms with Crippen LogP contribution in [0.3, 0.4) is 0 Å². The second kappa shape index (κ2) is 5.82. The normalized spacial score (nSPS) is 14.8. The van der Waals surface area contributed by atoms with Crippen LogP contribution in [0.4, 0.5) is 0 Å². The fourth-order valence-electron chi connectivity index (χ4n) is 2.17. The van der Waals surface area contributed by atoms with Crippen LogP contribution >= 0.6 is 0 Å². The van der Waals surface area contributed by atoms with Gasteiger partial charge in [0.2, 0.25) is 0 Å². The zero-order valence-corrected chi connectivity index (χ0v) is 11.0. The van der Waals surface area contributed by atoms with Crippen LogP contribution in [-0.2, 0) is 0 Å². The van der Waals surface area contributed by atoms with Gasteiger partial charge in [-0.2, -0.15) is 0 Å². The Labute approximate surface area is 112 Å². The molecule has 0 unspecified atom stereocenters. The highest BCUT2D eigenvalue weighted by atomic mass is 16.4. The Morgan fingerprint density at radius 2 is 2.16 bits per heavy atom. The van der Waals surface area contributed by atoms with Crippen LogP contribution in [0.5, 0.6) is 0 Å². The largest absolute Gasteiger partial charge is 0.477 e. The fraction of sp³-hybridized carbons (Fsp3) is 0.500. The average molecular weight is 262 g/mol. The number of aromatic nitrogens is 1. The Balaban J connectivity index is 2.05. The van der Waals surface area contributed by atoms with Crippen molar-refractivity contribution in [3.05, 3.63) is 29.6 Å². The minimum absolute atomic E-state index is 0.0430. The lowest BCUT2D eigenvalue weighted by atomic mass is 9.85. The van der Waals surface area contributed by atoms with Gasteiger partial charge in [-0.15, -0.1) is 0 Å². The first-order valence-electron chi connectivity index (χ1n) is 6.60. The van der Waals surface area contributed by atoms with Gasteiger partial charge in [-0.05, 0) is 37.8 Å². The predicted molar refractivity (Wildman–Crippen MR) is 70.1 cm³/mol. The van der Waals surface area contributed by atoms with Gasteiger partial charge in [-0.3, -0.25) is 4.79 Å². The second-order valence-corrected chi connectivity index (χ2v) is 4.88. The van der Waals surface area contributed by atoms with Gasteiger partial charge in [-0.1, -0.05) is 6.42 Å². The highest BCUT2D eigenvalue weighted by Gasteiger charge is 2.23. The summed E-state index contributed by atoms with van der Waals surface area (Å²) >= 11 is 0. The SMILES string of the molecule is CCN(CC1CCC1)C(=O)c1ccc(C(=O)O)nc1. The molecule has 0 atom stereocenters. The quantitative estimate of drug-likeness (QED) is 0.881. The molecule has 1 amide bonds. The molecule has 1 aromatic heterocycles. The Kier molecular flexibility index (Phi) is 4.14. The monoisotopic (exact) mass is 262 g/mol. The molecule has 1 heterocycles. The molecule has 1 aromatic rings. The maximum atomic E-state index is 12.3. The van der Waals surface area contributed by atoms with E-state index in [1.807, 2.05) is 6.92 Å². The van der Waals surface area contributed by atoms with Crippen molar-refractivity contribution < 1.29 is 14.7 Å². The van der Waals surface area contributed by atoms with Crippen molar-refractivity contribution in [2.75, 3.05) is 13.1 Å². The third kappa shape index (κ3) is 3.10. The van der Waals surface area contributed by atoms with Gasteiger partial charge in [-0.25, -0.2) is 9.78 Å². The van der Waals surface area contributed by atoms with E-state index in [-0.39, 0.29) is 11.6 Å². The molecule has 0 saturated heterocycles. The number of pyridine rings is 1. The number of hydrogen-bond acceptors (Lipinski definition) is 3. The highest BCUT2D eigenvalue weighted by Crippen LogP contribution is 2.27. The minimum Gasteiger partial charge on any atom is -0.477 e. The first-order chi connectivity index (χ1) is 9.11. The van der Waals surface area contributed by atoms with Crippen LogP contribution in [0.1, 0.15) is 47.0 Å². The minimum atomic E-state index is -1.08. The summed E-state index contributed by atoms with van der Waals surface area (Å²) in [5.41, 5.74) is 0.407. The molecule has 102 valence electrons. The predicted octanol–water partition coefficient (Wildman–Crippen LogP) is 2.04. The molecule has 0 aliphatic heterocycles. The topological polar surface area (TPSA) is 70.5 Å². The molecule has 19 heavy (non-hydrogen) atoms. The van der Waals surface area contributed by atoms with Crippen LogP contribution in [0.15, 0.2) is 18.3 Å². The van der Waals surface area contributed by atoms with Crippen LogP contribution < -0.4 is 0 Å². The number of carboxylic acids is 1. The van der Waals surface area contributed by atoms with Gasteiger partial charge in [0.05, 0.1) is 5.56 Å². The third-order valence-corrected chi connectivity index (χ3v) is 3.60. The van der Waals surface area contributed by atoms with E-state index in [9.17, 15) is 9.59 Å². The molecule has 5 nitrogen and oxygen atoms in total. The van der Waals surface area contributed by atoms with Crippen LogP contribution in [0.2, 0.25) is 0 Å². The van der Waals surface area contributed by atoms with Gasteiger partial charge in [0.15, 0.2) is 0 Å². The summed E-state index contributed by atoms with van der Waals surface area (Å²) in [5.74, 6) is -0.533. The highest BCUT2D eigenvalue weighted by molar-refractivity contribution is 5.94. The van der Waals surface area contributed by atoms with E-state index in [0.29, 0.717) is 18.0 Å². The Hall–Kier alpha value is -1.91. The average Bonchev–Trinajstić information content (AvgIpc) is 2.37. The fourth-order valence-corrected chi connectivity index (χ4v) is 2.17. The van der Waals surface area contributed by atoms with Crippen molar-refractivity contribution in [3.63, 3.8) is 0 Å². The van der Waals surface area contributed by atoms with Crippen LogP contribution in [0, 0.1) is 5.92 Å². The maximum absolute atomic E-state index is 12.3. The molecule has 1 saturated carbocycles. The van der Waals surface area contributed by atoms with E-state index in [1.165, 1.54) is 37.6 Å². The number of rotatable bonds is 5. The van der Waals surface area contributed by atoms with Gasteiger partial charge in [0.25, 0.3) is 5.91 Å². The van der Waals surface area contributed by atoms with E-state index in [0.717, 1.165) is 6.54 Å². The van der Waals surface area contributed by atoms with Gasteiger partial charge >= 0.3 is 5.97 Å². The van der Waals surface area contributed by atoms with E-state index >= 15 is 0 Å². The zero-order valence-electron chi connectivity index (χ0n) is 11.0. The van der Waals surface area contributed by atoms with Crippen molar-refractivity contribution in [2.45, 2.75) is 26.2 Å². The first-order valence-corrected chi connectivity index (χ1v) is 6.60. The molecule has 0 spiro atoms. The number of carbonyl (C=O) groups is 2. The Morgan fingerprint density at radius 3 is 2.58 bits per heavy atom. The lowest BCUT2D eigenvalue weighted by Crippen LogP contribution is -2.37. The first kappa shape index (κ1) is 13.5. The number of hydrogen-bond donors (Lipinski definition) is 1. The molecule has 5 heteroatoms. The number of amides is 1. The molecule has 1 aliphatic carbocycles. The molecular formula is C14H18N2O3. The molecular weight excluding hydrogens is 244 g/mol. The summed E-state index contributed by atoms with van der Waals surface area (Å²) in [6.07, 6.45) is 4.99. The number of carbonyl (C=O) groups excluding carboxylic acids is 1. The van der Waals surface area contributed by atoms with Gasteiger partial charge in [0, 0.05) is 19.3 Å². The van der Waals surface area contributed by atoms with E-state index in [2.05, 4.69) is 4.98 Å². The lowest BCUT2D eigenvalue weighted by molar-refractivity contribution is 0.0681. The van der Waals surface area contributed by atoms with Crippen molar-refractivity contribution in [1.82, 2.24) is 9.88 Å². The molecule has 0 aromatic carbocycles. The summed E-state index contributed by atoms with van der Waals surface area (Å²) < 4.78 is 0. The zero-order chi connectivity index (χ0) is 13.8. The summed E-state index contributed by atoms with van der Waals surface area (Å²) in [6.45, 7) is 3.40. The number of aromatic carboxylic acids is 1. The van der Waals surface area contributed by atoms with Crippen molar-refractivity contribution in [2.24, 2.45) is 5.92 Å². The van der Waals surface area contributed by atoms with Gasteiger partial charge < -0.3 is 10.0 Å². The van der Waals surface area contributed by atoms with Crippen molar-refractivity contribution in [3.8, 4) is 0 Å². The summed E-state index contributed by atoms with van der Waals surface area (Å²) in [5, 5.41) is 8.77. The number of carboxylic acid groups (broad SMARTS) is 1. The van der Waals surface area contributed by atoms with Crippen molar-refractivity contribution >= 4 is 11.9 Å². The van der Waals surface area contributed by atoms with Gasteiger partial charge in [0.1, 0.15) is 5.69 Å². The molecule has 0 radical (unpaired) electrons. The van der Waals surface area contributed by atoms with E-state index in [1.54, 1.807) is 4.90 Å². The summed E-state index contributed by atoms with van der Waals surface area (Å²) in [6, 6.07) is 2.90. The lowest BCUT2D eigenvalue weighted by Gasteiger charge is -2.31. The Morgan fingerprint density at radius 1 is 1.42 bits per heavy atom. The number of nitrogens with zero attached hydrogens (tertiary/aromatic N) is 2. The standard InChI is InChI=1S/C14H18N2O3/c1-2-16(9-10-4-3-5-10)13(17)11-6-7-12(14(18)19)15-8-11/h6-8,10H,2-5,9H2,1H3,(H,18,19). The maximum Gasteiger partial charge on any atom is 0.354 e. The smallest absolute Gasteiger partial charge is 0.354 e.